The van der Waals surface area contributed by atoms with Crippen LogP contribution in [0.4, 0.5) is 0 Å². The van der Waals surface area contributed by atoms with Crippen LogP contribution in [0.3, 0.4) is 0 Å². The summed E-state index contributed by atoms with van der Waals surface area (Å²) in [6.07, 6.45) is 24.3. The van der Waals surface area contributed by atoms with Crippen LogP contribution in [-0.2, 0) is 14.3 Å². The highest BCUT2D eigenvalue weighted by Gasteiger charge is 2.66. The molecule has 0 amide bonds. The number of fused-ring (bicyclic) bond motifs is 3. The highest BCUT2D eigenvalue weighted by molar-refractivity contribution is 6.05. The zero-order valence-corrected chi connectivity index (χ0v) is 24.3. The smallest absolute Gasteiger partial charge is 0.306 e. The molecule has 210 valence electrons. The lowest BCUT2D eigenvalue weighted by Gasteiger charge is -2.55. The van der Waals surface area contributed by atoms with Crippen molar-refractivity contribution in [2.45, 2.75) is 149 Å². The first kappa shape index (κ1) is 30.1. The number of ether oxygens (including phenoxy) is 1. The van der Waals surface area contributed by atoms with Crippen LogP contribution in [0.1, 0.15) is 143 Å². The lowest BCUT2D eigenvalue weighted by atomic mass is 9.50. The van der Waals surface area contributed by atoms with E-state index in [-0.39, 0.29) is 35.1 Å². The molecule has 37 heavy (non-hydrogen) atoms. The first-order valence-electron chi connectivity index (χ1n) is 15.4. The van der Waals surface area contributed by atoms with Crippen molar-refractivity contribution in [2.24, 2.45) is 16.7 Å². The molecule has 3 aliphatic carbocycles. The van der Waals surface area contributed by atoms with Crippen LogP contribution in [0.25, 0.3) is 0 Å². The maximum Gasteiger partial charge on any atom is 0.306 e. The zero-order chi connectivity index (χ0) is 26.9. The summed E-state index contributed by atoms with van der Waals surface area (Å²) in [7, 11) is 0. The van der Waals surface area contributed by atoms with Crippen molar-refractivity contribution in [3.05, 3.63) is 23.3 Å². The van der Waals surface area contributed by atoms with Gasteiger partial charge in [0.1, 0.15) is 12.2 Å². The summed E-state index contributed by atoms with van der Waals surface area (Å²) in [4.78, 5) is 25.8. The maximum atomic E-state index is 13.4. The number of aliphatic hydroxyl groups is 1. The maximum absolute atomic E-state index is 13.4. The number of allylic oxidation sites excluding steroid dienone is 3. The highest BCUT2D eigenvalue weighted by Crippen LogP contribution is 2.66. The quantitative estimate of drug-likeness (QED) is 0.120. The van der Waals surface area contributed by atoms with Crippen LogP contribution in [0, 0.1) is 16.7 Å². The van der Waals surface area contributed by atoms with E-state index in [1.165, 1.54) is 57.8 Å². The fourth-order valence-electron chi connectivity index (χ4n) is 7.28. The fourth-order valence-corrected chi connectivity index (χ4v) is 7.28. The van der Waals surface area contributed by atoms with E-state index in [2.05, 4.69) is 39.8 Å². The van der Waals surface area contributed by atoms with Gasteiger partial charge in [0.05, 0.1) is 0 Å². The molecular weight excluding hydrogens is 460 g/mol. The first-order chi connectivity index (χ1) is 17.6. The minimum Gasteiger partial charge on any atom is -0.461 e. The van der Waals surface area contributed by atoms with Gasteiger partial charge in [-0.1, -0.05) is 96.8 Å². The average Bonchev–Trinajstić information content (AvgIpc) is 3.11. The van der Waals surface area contributed by atoms with Crippen molar-refractivity contribution in [2.75, 3.05) is 6.61 Å². The van der Waals surface area contributed by atoms with Gasteiger partial charge < -0.3 is 9.84 Å². The lowest BCUT2D eigenvalue weighted by Crippen LogP contribution is -2.57. The standard InChI is InChI=1S/C33H54O4/c1-5-6-7-8-9-10-11-12-13-14-15-16-17-18-19-20-29(34)37-24-26-27-21-22-32(27,4)28-23-31(2,3)25-33(28,36)30(26)35/h12-13,28,36H,5-11,14-25H2,1-4H3/b13-12+/t28-,32+,33+/m1/s1. The second kappa shape index (κ2) is 13.6. The molecule has 4 heteroatoms. The third-order valence-electron chi connectivity index (χ3n) is 9.49. The minimum atomic E-state index is -1.30. The molecule has 0 heterocycles. The van der Waals surface area contributed by atoms with Gasteiger partial charge in [-0.25, -0.2) is 0 Å². The van der Waals surface area contributed by atoms with E-state index in [4.69, 9.17) is 4.74 Å². The fraction of sp³-hybridized carbons (Fsp3) is 0.818. The molecule has 0 bridgehead atoms. The molecule has 0 aromatic rings. The molecule has 0 unspecified atom stereocenters. The van der Waals surface area contributed by atoms with E-state index in [1.807, 2.05) is 0 Å². The van der Waals surface area contributed by atoms with Gasteiger partial charge in [-0.3, -0.25) is 9.59 Å². The number of rotatable bonds is 17. The van der Waals surface area contributed by atoms with Gasteiger partial charge in [0.15, 0.2) is 5.78 Å². The van der Waals surface area contributed by atoms with Crippen LogP contribution >= 0.6 is 0 Å². The first-order valence-corrected chi connectivity index (χ1v) is 15.4. The molecule has 3 atom stereocenters. The van der Waals surface area contributed by atoms with Crippen molar-refractivity contribution in [1.82, 2.24) is 0 Å². The number of hydrogen-bond acceptors (Lipinski definition) is 4. The Morgan fingerprint density at radius 1 is 0.946 bits per heavy atom. The molecule has 3 aliphatic rings. The summed E-state index contributed by atoms with van der Waals surface area (Å²) in [5.74, 6) is -0.411. The Balaban J connectivity index is 1.27. The van der Waals surface area contributed by atoms with Gasteiger partial charge in [-0.05, 0) is 68.6 Å². The molecule has 0 spiro atoms. The molecule has 0 saturated heterocycles. The van der Waals surface area contributed by atoms with E-state index in [9.17, 15) is 14.7 Å². The third-order valence-corrected chi connectivity index (χ3v) is 9.49. The summed E-state index contributed by atoms with van der Waals surface area (Å²) in [6, 6.07) is 0. The molecule has 3 rings (SSSR count). The van der Waals surface area contributed by atoms with E-state index >= 15 is 0 Å². The zero-order valence-electron chi connectivity index (χ0n) is 24.3. The van der Waals surface area contributed by atoms with E-state index in [1.54, 1.807) is 0 Å². The van der Waals surface area contributed by atoms with Crippen LogP contribution < -0.4 is 0 Å². The lowest BCUT2D eigenvalue weighted by molar-refractivity contribution is -0.150. The number of esters is 1. The van der Waals surface area contributed by atoms with Crippen molar-refractivity contribution >= 4 is 11.8 Å². The van der Waals surface area contributed by atoms with Gasteiger partial charge in [-0.2, -0.15) is 0 Å². The summed E-state index contributed by atoms with van der Waals surface area (Å²) in [6.45, 7) is 8.78. The van der Waals surface area contributed by atoms with Crippen LogP contribution in [0.5, 0.6) is 0 Å². The molecule has 0 radical (unpaired) electrons. The largest absolute Gasteiger partial charge is 0.461 e. The minimum absolute atomic E-state index is 0.0125. The molecule has 0 aliphatic heterocycles. The molecule has 0 aromatic heterocycles. The topological polar surface area (TPSA) is 63.6 Å². The molecule has 2 saturated carbocycles. The normalized spacial score (nSPS) is 28.4. The summed E-state index contributed by atoms with van der Waals surface area (Å²) in [5, 5.41) is 11.5. The monoisotopic (exact) mass is 514 g/mol. The summed E-state index contributed by atoms with van der Waals surface area (Å²) < 4.78 is 5.58. The third kappa shape index (κ3) is 7.58. The van der Waals surface area contributed by atoms with Crippen molar-refractivity contribution in [3.8, 4) is 0 Å². The Kier molecular flexibility index (Phi) is 11.1. The predicted octanol–water partition coefficient (Wildman–Crippen LogP) is 8.41. The number of Topliss-reactive ketones (excluding diaryl/α,β-unsaturated/α-hetero) is 1. The molecular formula is C33H54O4. The number of unbranched alkanes of at least 4 members (excludes halogenated alkanes) is 11. The molecule has 1 N–H and O–H groups in total. The van der Waals surface area contributed by atoms with Gasteiger partial charge in [0.25, 0.3) is 0 Å². The number of hydrogen-bond donors (Lipinski definition) is 1. The van der Waals surface area contributed by atoms with Crippen LogP contribution in [0.2, 0.25) is 0 Å². The van der Waals surface area contributed by atoms with Crippen molar-refractivity contribution in [1.29, 1.82) is 0 Å². The van der Waals surface area contributed by atoms with Crippen LogP contribution in [0.15, 0.2) is 23.3 Å². The van der Waals surface area contributed by atoms with Gasteiger partial charge in [0, 0.05) is 17.9 Å². The van der Waals surface area contributed by atoms with E-state index < -0.39 is 5.60 Å². The van der Waals surface area contributed by atoms with E-state index in [0.29, 0.717) is 18.4 Å². The Bertz CT molecular complexity index is 837. The van der Waals surface area contributed by atoms with Gasteiger partial charge in [0.2, 0.25) is 0 Å². The predicted molar refractivity (Wildman–Crippen MR) is 151 cm³/mol. The Morgan fingerprint density at radius 2 is 1.54 bits per heavy atom. The Hall–Kier alpha value is -1.42. The van der Waals surface area contributed by atoms with Crippen molar-refractivity contribution < 1.29 is 19.4 Å². The molecule has 0 aromatic carbocycles. The Labute approximate surface area is 226 Å². The van der Waals surface area contributed by atoms with Crippen LogP contribution in [-0.4, -0.2) is 29.1 Å². The summed E-state index contributed by atoms with van der Waals surface area (Å²) >= 11 is 0. The van der Waals surface area contributed by atoms with Crippen molar-refractivity contribution in [3.63, 3.8) is 0 Å². The summed E-state index contributed by atoms with van der Waals surface area (Å²) in [5.41, 5.74) is 0.255. The second-order valence-corrected chi connectivity index (χ2v) is 13.2. The number of ketones is 1. The Morgan fingerprint density at radius 3 is 2.14 bits per heavy atom. The second-order valence-electron chi connectivity index (χ2n) is 13.2. The average molecular weight is 515 g/mol. The van der Waals surface area contributed by atoms with Gasteiger partial charge >= 0.3 is 5.97 Å². The SMILES string of the molecule is CCCCCCCC/C=C/CCCCCCCC(=O)OCC1=C2CC[C@]2(C)[C@H]2CC(C)(C)C[C@@]2(O)C1=O. The van der Waals surface area contributed by atoms with E-state index in [0.717, 1.165) is 50.5 Å². The number of carbonyl (C=O) groups excluding carboxylic acids is 2. The van der Waals surface area contributed by atoms with Gasteiger partial charge in [-0.15, -0.1) is 0 Å². The molecule has 4 nitrogen and oxygen atoms in total. The number of carbonyl (C=O) groups is 2. The molecule has 2 fully saturated rings. The highest BCUT2D eigenvalue weighted by atomic mass is 16.5.